The molecule has 0 aliphatic heterocycles. The molecule has 0 bridgehead atoms. The summed E-state index contributed by atoms with van der Waals surface area (Å²) >= 11 is 0. The van der Waals surface area contributed by atoms with Gasteiger partial charge in [0.05, 0.1) is 6.10 Å². The van der Waals surface area contributed by atoms with E-state index in [9.17, 15) is 5.11 Å². The van der Waals surface area contributed by atoms with Crippen molar-refractivity contribution in [3.63, 3.8) is 0 Å². The van der Waals surface area contributed by atoms with Crippen molar-refractivity contribution in [2.45, 2.75) is 132 Å². The van der Waals surface area contributed by atoms with E-state index in [0.29, 0.717) is 34.1 Å². The molecule has 184 valence electrons. The summed E-state index contributed by atoms with van der Waals surface area (Å²) in [6, 6.07) is 0.346. The molecule has 0 aromatic carbocycles. The normalized spacial score (nSPS) is 45.3. The number of aliphatic hydroxyl groups is 1. The number of aliphatic hydroxyl groups excluding tert-OH is 1. The average molecular weight is 444 g/mol. The lowest BCUT2D eigenvalue weighted by atomic mass is 9.43. The van der Waals surface area contributed by atoms with Crippen molar-refractivity contribution in [1.29, 1.82) is 0 Å². The van der Waals surface area contributed by atoms with Crippen LogP contribution in [0.15, 0.2) is 11.1 Å². The van der Waals surface area contributed by atoms with Gasteiger partial charge < -0.3 is 10.8 Å². The van der Waals surface area contributed by atoms with Crippen LogP contribution in [0.2, 0.25) is 0 Å². The van der Waals surface area contributed by atoms with Crippen LogP contribution in [0.3, 0.4) is 0 Å². The molecule has 0 spiro atoms. The van der Waals surface area contributed by atoms with Crippen LogP contribution in [-0.4, -0.2) is 17.3 Å². The van der Waals surface area contributed by atoms with Crippen molar-refractivity contribution in [2.24, 2.45) is 51.1 Å². The van der Waals surface area contributed by atoms with Gasteiger partial charge in [-0.25, -0.2) is 0 Å². The van der Waals surface area contributed by atoms with Crippen molar-refractivity contribution >= 4 is 0 Å². The lowest BCUT2D eigenvalue weighted by molar-refractivity contribution is -0.0962. The first kappa shape index (κ1) is 24.8. The third-order valence-electron chi connectivity index (χ3n) is 12.3. The summed E-state index contributed by atoms with van der Waals surface area (Å²) in [4.78, 5) is 0. The Bertz CT molecular complexity index is 752. The van der Waals surface area contributed by atoms with E-state index in [1.807, 2.05) is 11.1 Å². The fourth-order valence-corrected chi connectivity index (χ4v) is 9.62. The summed E-state index contributed by atoms with van der Waals surface area (Å²) < 4.78 is 0. The van der Waals surface area contributed by atoms with Gasteiger partial charge in [0.1, 0.15) is 0 Å². The predicted octanol–water partition coefficient (Wildman–Crippen LogP) is 7.50. The number of allylic oxidation sites excluding steroid dienone is 2. The van der Waals surface area contributed by atoms with Gasteiger partial charge in [0.25, 0.3) is 0 Å². The van der Waals surface area contributed by atoms with E-state index in [-0.39, 0.29) is 11.5 Å². The highest BCUT2D eigenvalue weighted by atomic mass is 16.3. The molecule has 0 radical (unpaired) electrons. The fourth-order valence-electron chi connectivity index (χ4n) is 9.62. The summed E-state index contributed by atoms with van der Waals surface area (Å²) in [7, 11) is 0. The molecule has 32 heavy (non-hydrogen) atoms. The minimum absolute atomic E-state index is 0.0368. The summed E-state index contributed by atoms with van der Waals surface area (Å²) in [6.07, 6.45) is 12.5. The number of hydrogen-bond donors (Lipinski definition) is 2. The van der Waals surface area contributed by atoms with Crippen molar-refractivity contribution in [2.75, 3.05) is 0 Å². The molecule has 2 nitrogen and oxygen atoms in total. The van der Waals surface area contributed by atoms with Gasteiger partial charge >= 0.3 is 0 Å². The molecule has 0 heterocycles. The first-order valence-corrected chi connectivity index (χ1v) is 14.0. The summed E-state index contributed by atoms with van der Waals surface area (Å²) in [6.45, 7) is 19.6. The Morgan fingerprint density at radius 2 is 1.56 bits per heavy atom. The highest BCUT2D eigenvalue weighted by Crippen LogP contribution is 2.72. The Hall–Kier alpha value is -0.340. The Labute approximate surface area is 199 Å². The molecule has 4 aliphatic rings. The molecule has 2 fully saturated rings. The van der Waals surface area contributed by atoms with Crippen LogP contribution in [0.5, 0.6) is 0 Å². The molecule has 4 rings (SSSR count). The van der Waals surface area contributed by atoms with Crippen molar-refractivity contribution in [3.05, 3.63) is 11.1 Å². The zero-order chi connectivity index (χ0) is 23.7. The smallest absolute Gasteiger partial charge is 0.0594 e. The standard InChI is InChI=1S/C30H53NO/c1-19(2)24(31)11-9-20(3)21-13-17-30(8)23-10-12-25-27(4,5)26(32)15-16-28(25,6)22(23)14-18-29(21,30)7/h19-21,24-26,32H,9-18,31H2,1-8H3/t20-,21-,24?,25+,26+,28-,29-,30+/m1/s1. The maximum absolute atomic E-state index is 10.8. The minimum atomic E-state index is -0.138. The van der Waals surface area contributed by atoms with Crippen LogP contribution in [0, 0.1) is 45.3 Å². The highest BCUT2D eigenvalue weighted by molar-refractivity contribution is 5.38. The van der Waals surface area contributed by atoms with E-state index in [1.165, 1.54) is 57.8 Å². The van der Waals surface area contributed by atoms with E-state index >= 15 is 0 Å². The lowest BCUT2D eigenvalue weighted by Gasteiger charge is -2.62. The molecule has 8 atom stereocenters. The Morgan fingerprint density at radius 1 is 0.875 bits per heavy atom. The van der Waals surface area contributed by atoms with Crippen LogP contribution in [0.1, 0.15) is 120 Å². The van der Waals surface area contributed by atoms with Crippen LogP contribution < -0.4 is 5.73 Å². The van der Waals surface area contributed by atoms with Gasteiger partial charge in [-0.3, -0.25) is 0 Å². The second-order valence-corrected chi connectivity index (χ2v) is 14.2. The van der Waals surface area contributed by atoms with Gasteiger partial charge in [-0.2, -0.15) is 0 Å². The number of rotatable bonds is 5. The zero-order valence-corrected chi connectivity index (χ0v) is 22.6. The van der Waals surface area contributed by atoms with Crippen LogP contribution in [0.4, 0.5) is 0 Å². The van der Waals surface area contributed by atoms with Gasteiger partial charge in [-0.1, -0.05) is 66.5 Å². The lowest BCUT2D eigenvalue weighted by Crippen LogP contribution is -2.55. The van der Waals surface area contributed by atoms with E-state index < -0.39 is 0 Å². The SMILES string of the molecule is CC(C)C(N)CC[C@@H](C)[C@H]1CC[C@@]2(C)C3=C(CC[C@]12C)[C@@]1(C)CC[C@H](O)C(C)(C)[C@@H]1CC3. The van der Waals surface area contributed by atoms with Crippen LogP contribution >= 0.6 is 0 Å². The van der Waals surface area contributed by atoms with Gasteiger partial charge in [-0.05, 0) is 110 Å². The van der Waals surface area contributed by atoms with E-state index in [4.69, 9.17) is 5.73 Å². The highest BCUT2D eigenvalue weighted by Gasteiger charge is 2.63. The first-order valence-electron chi connectivity index (χ1n) is 14.0. The molecular formula is C30H53NO. The number of nitrogens with two attached hydrogens (primary N) is 1. The summed E-state index contributed by atoms with van der Waals surface area (Å²) in [5, 5.41) is 10.8. The summed E-state index contributed by atoms with van der Waals surface area (Å²) in [5.41, 5.74) is 11.3. The predicted molar refractivity (Wildman–Crippen MR) is 136 cm³/mol. The van der Waals surface area contributed by atoms with Crippen molar-refractivity contribution in [3.8, 4) is 0 Å². The van der Waals surface area contributed by atoms with Gasteiger partial charge in [0, 0.05) is 6.04 Å². The van der Waals surface area contributed by atoms with Gasteiger partial charge in [0.15, 0.2) is 0 Å². The van der Waals surface area contributed by atoms with Crippen LogP contribution in [-0.2, 0) is 0 Å². The molecule has 2 heteroatoms. The molecule has 0 aromatic rings. The number of hydrogen-bond acceptors (Lipinski definition) is 2. The molecule has 0 saturated heterocycles. The Kier molecular flexibility index (Phi) is 6.28. The van der Waals surface area contributed by atoms with Gasteiger partial charge in [0.2, 0.25) is 0 Å². The monoisotopic (exact) mass is 443 g/mol. The minimum Gasteiger partial charge on any atom is -0.393 e. The maximum atomic E-state index is 10.8. The van der Waals surface area contributed by atoms with E-state index in [1.54, 1.807) is 0 Å². The molecule has 4 aliphatic carbocycles. The first-order chi connectivity index (χ1) is 14.8. The maximum Gasteiger partial charge on any atom is 0.0594 e. The summed E-state index contributed by atoms with van der Waals surface area (Å²) in [5.74, 6) is 2.81. The fraction of sp³-hybridized carbons (Fsp3) is 0.933. The van der Waals surface area contributed by atoms with Crippen LogP contribution in [0.25, 0.3) is 0 Å². The second-order valence-electron chi connectivity index (χ2n) is 14.2. The van der Waals surface area contributed by atoms with E-state index in [2.05, 4.69) is 55.4 Å². The average Bonchev–Trinajstić information content (AvgIpc) is 3.00. The second kappa shape index (κ2) is 8.11. The van der Waals surface area contributed by atoms with E-state index in [0.717, 1.165) is 18.3 Å². The zero-order valence-electron chi connectivity index (χ0n) is 22.6. The molecule has 3 N–H and O–H groups in total. The third kappa shape index (κ3) is 3.40. The van der Waals surface area contributed by atoms with Crippen molar-refractivity contribution in [1.82, 2.24) is 0 Å². The Balaban J connectivity index is 1.62. The molecule has 0 amide bonds. The topological polar surface area (TPSA) is 46.2 Å². The Morgan fingerprint density at radius 3 is 2.22 bits per heavy atom. The largest absolute Gasteiger partial charge is 0.393 e. The molecular weight excluding hydrogens is 390 g/mol. The third-order valence-corrected chi connectivity index (χ3v) is 12.3. The molecule has 1 unspecified atom stereocenters. The van der Waals surface area contributed by atoms with Crippen molar-refractivity contribution < 1.29 is 5.11 Å². The van der Waals surface area contributed by atoms with Gasteiger partial charge in [-0.15, -0.1) is 0 Å². The molecule has 2 saturated carbocycles. The molecule has 0 aromatic heterocycles. The number of fused-ring (bicyclic) bond motifs is 4. The quantitative estimate of drug-likeness (QED) is 0.432.